The van der Waals surface area contributed by atoms with Crippen molar-refractivity contribution in [3.63, 3.8) is 0 Å². The van der Waals surface area contributed by atoms with Gasteiger partial charge in [0.15, 0.2) is 0 Å². The second kappa shape index (κ2) is 7.09. The molecule has 0 aliphatic carbocycles. The second-order valence-corrected chi connectivity index (χ2v) is 5.66. The third-order valence-electron chi connectivity index (χ3n) is 2.89. The Balaban J connectivity index is 1.96. The minimum absolute atomic E-state index is 0.136. The fourth-order valence-electron chi connectivity index (χ4n) is 1.80. The number of carbonyl (C=O) groups is 2. The SMILES string of the molecule is CC(=O)Nc1ccc(NC(=O)Nc2ccc(C)c(Br)c2)cc1. The molecular formula is C16H16BrN3O2. The maximum Gasteiger partial charge on any atom is 0.323 e. The van der Waals surface area contributed by atoms with Crippen molar-refractivity contribution in [2.75, 3.05) is 16.0 Å². The summed E-state index contributed by atoms with van der Waals surface area (Å²) in [6.07, 6.45) is 0. The fourth-order valence-corrected chi connectivity index (χ4v) is 2.18. The number of rotatable bonds is 3. The summed E-state index contributed by atoms with van der Waals surface area (Å²) in [4.78, 5) is 22.9. The molecule has 6 heteroatoms. The van der Waals surface area contributed by atoms with Gasteiger partial charge in [-0.1, -0.05) is 22.0 Å². The first-order valence-electron chi connectivity index (χ1n) is 6.66. The van der Waals surface area contributed by atoms with Gasteiger partial charge in [-0.3, -0.25) is 4.79 Å². The van der Waals surface area contributed by atoms with Crippen LogP contribution in [0.3, 0.4) is 0 Å². The third kappa shape index (κ3) is 4.60. The Morgan fingerprint density at radius 3 is 1.91 bits per heavy atom. The van der Waals surface area contributed by atoms with Crippen molar-refractivity contribution in [3.05, 3.63) is 52.5 Å². The predicted octanol–water partition coefficient (Wildman–Crippen LogP) is 4.36. The lowest BCUT2D eigenvalue weighted by molar-refractivity contribution is -0.114. The molecule has 0 radical (unpaired) electrons. The number of hydrogen-bond donors (Lipinski definition) is 3. The summed E-state index contributed by atoms with van der Waals surface area (Å²) in [5.74, 6) is -0.136. The van der Waals surface area contributed by atoms with Gasteiger partial charge in [-0.05, 0) is 48.9 Å². The molecular weight excluding hydrogens is 346 g/mol. The van der Waals surface area contributed by atoms with Gasteiger partial charge in [-0.25, -0.2) is 4.79 Å². The molecule has 22 heavy (non-hydrogen) atoms. The van der Waals surface area contributed by atoms with Crippen LogP contribution >= 0.6 is 15.9 Å². The quantitative estimate of drug-likeness (QED) is 0.759. The first-order chi connectivity index (χ1) is 10.4. The first-order valence-corrected chi connectivity index (χ1v) is 7.45. The molecule has 0 spiro atoms. The van der Waals surface area contributed by atoms with Crippen molar-refractivity contribution in [2.24, 2.45) is 0 Å². The normalized spacial score (nSPS) is 9.95. The predicted molar refractivity (Wildman–Crippen MR) is 92.3 cm³/mol. The van der Waals surface area contributed by atoms with Crippen LogP contribution in [0, 0.1) is 6.92 Å². The van der Waals surface area contributed by atoms with Crippen LogP contribution < -0.4 is 16.0 Å². The van der Waals surface area contributed by atoms with E-state index in [0.717, 1.165) is 10.0 Å². The zero-order chi connectivity index (χ0) is 16.1. The molecule has 0 bridgehead atoms. The van der Waals surface area contributed by atoms with E-state index in [4.69, 9.17) is 0 Å². The highest BCUT2D eigenvalue weighted by atomic mass is 79.9. The lowest BCUT2D eigenvalue weighted by atomic mass is 10.2. The molecule has 0 heterocycles. The van der Waals surface area contributed by atoms with Crippen LogP contribution in [0.15, 0.2) is 46.9 Å². The number of carbonyl (C=O) groups excluding carboxylic acids is 2. The molecule has 2 aromatic rings. The molecule has 3 amide bonds. The molecule has 0 atom stereocenters. The van der Waals surface area contributed by atoms with Crippen molar-refractivity contribution in [1.82, 2.24) is 0 Å². The number of halogens is 1. The van der Waals surface area contributed by atoms with Crippen molar-refractivity contribution < 1.29 is 9.59 Å². The summed E-state index contributed by atoms with van der Waals surface area (Å²) in [5, 5.41) is 8.15. The van der Waals surface area contributed by atoms with Crippen molar-refractivity contribution in [3.8, 4) is 0 Å². The molecule has 0 aromatic heterocycles. The van der Waals surface area contributed by atoms with E-state index >= 15 is 0 Å². The molecule has 2 aromatic carbocycles. The Morgan fingerprint density at radius 1 is 0.864 bits per heavy atom. The Labute approximate surface area is 137 Å². The van der Waals surface area contributed by atoms with E-state index in [9.17, 15) is 9.59 Å². The molecule has 0 aliphatic heterocycles. The molecule has 3 N–H and O–H groups in total. The summed E-state index contributed by atoms with van der Waals surface area (Å²) < 4.78 is 0.935. The van der Waals surface area contributed by atoms with Gasteiger partial charge in [0.25, 0.3) is 0 Å². The van der Waals surface area contributed by atoms with E-state index in [1.54, 1.807) is 24.3 Å². The third-order valence-corrected chi connectivity index (χ3v) is 3.75. The van der Waals surface area contributed by atoms with Crippen LogP contribution in [-0.2, 0) is 4.79 Å². The average Bonchev–Trinajstić information content (AvgIpc) is 2.44. The number of hydrogen-bond acceptors (Lipinski definition) is 2. The van der Waals surface area contributed by atoms with Gasteiger partial charge in [-0.2, -0.15) is 0 Å². The largest absolute Gasteiger partial charge is 0.326 e. The summed E-state index contributed by atoms with van der Waals surface area (Å²) in [7, 11) is 0. The topological polar surface area (TPSA) is 70.2 Å². The van der Waals surface area contributed by atoms with Gasteiger partial charge in [-0.15, -0.1) is 0 Å². The molecule has 0 saturated carbocycles. The minimum atomic E-state index is -0.331. The Hall–Kier alpha value is -2.34. The van der Waals surface area contributed by atoms with E-state index in [2.05, 4.69) is 31.9 Å². The van der Waals surface area contributed by atoms with E-state index < -0.39 is 0 Å². The van der Waals surface area contributed by atoms with Crippen LogP contribution in [0.5, 0.6) is 0 Å². The first kappa shape index (κ1) is 16.0. The molecule has 0 fully saturated rings. The van der Waals surface area contributed by atoms with Crippen LogP contribution in [0.2, 0.25) is 0 Å². The van der Waals surface area contributed by atoms with Gasteiger partial charge in [0, 0.05) is 28.5 Å². The lowest BCUT2D eigenvalue weighted by Gasteiger charge is -2.09. The summed E-state index contributed by atoms with van der Waals surface area (Å²) in [6, 6.07) is 12.1. The molecule has 114 valence electrons. The Bertz CT molecular complexity index is 699. The number of aryl methyl sites for hydroxylation is 1. The van der Waals surface area contributed by atoms with Crippen molar-refractivity contribution >= 4 is 44.9 Å². The molecule has 2 rings (SSSR count). The standard InChI is InChI=1S/C16H16BrN3O2/c1-10-3-4-14(9-15(10)17)20-16(22)19-13-7-5-12(6-8-13)18-11(2)21/h3-9H,1-2H3,(H,18,21)(H2,19,20,22). The monoisotopic (exact) mass is 361 g/mol. The van der Waals surface area contributed by atoms with E-state index in [1.165, 1.54) is 6.92 Å². The van der Waals surface area contributed by atoms with Gasteiger partial charge < -0.3 is 16.0 Å². The van der Waals surface area contributed by atoms with Gasteiger partial charge in [0.05, 0.1) is 0 Å². The summed E-state index contributed by atoms with van der Waals surface area (Å²) >= 11 is 3.42. The number of amides is 3. The zero-order valence-corrected chi connectivity index (χ0v) is 13.8. The van der Waals surface area contributed by atoms with Gasteiger partial charge in [0.2, 0.25) is 5.91 Å². The Morgan fingerprint density at radius 2 is 1.36 bits per heavy atom. The van der Waals surface area contributed by atoms with Crippen LogP contribution in [0.25, 0.3) is 0 Å². The van der Waals surface area contributed by atoms with Crippen molar-refractivity contribution in [1.29, 1.82) is 0 Å². The van der Waals surface area contributed by atoms with Crippen molar-refractivity contribution in [2.45, 2.75) is 13.8 Å². The number of urea groups is 1. The highest BCUT2D eigenvalue weighted by molar-refractivity contribution is 9.10. The zero-order valence-electron chi connectivity index (χ0n) is 12.2. The van der Waals surface area contributed by atoms with E-state index in [-0.39, 0.29) is 11.9 Å². The number of nitrogens with one attached hydrogen (secondary N) is 3. The molecule has 0 saturated heterocycles. The smallest absolute Gasteiger partial charge is 0.323 e. The maximum atomic E-state index is 11.9. The average molecular weight is 362 g/mol. The van der Waals surface area contributed by atoms with Crippen LogP contribution in [-0.4, -0.2) is 11.9 Å². The Kier molecular flexibility index (Phi) is 5.16. The van der Waals surface area contributed by atoms with Crippen LogP contribution in [0.4, 0.5) is 21.9 Å². The second-order valence-electron chi connectivity index (χ2n) is 4.80. The molecule has 5 nitrogen and oxygen atoms in total. The van der Waals surface area contributed by atoms with Crippen LogP contribution in [0.1, 0.15) is 12.5 Å². The van der Waals surface area contributed by atoms with E-state index in [0.29, 0.717) is 17.1 Å². The lowest BCUT2D eigenvalue weighted by Crippen LogP contribution is -2.19. The number of anilines is 3. The number of benzene rings is 2. The van der Waals surface area contributed by atoms with E-state index in [1.807, 2.05) is 25.1 Å². The fraction of sp³-hybridized carbons (Fsp3) is 0.125. The minimum Gasteiger partial charge on any atom is -0.326 e. The van der Waals surface area contributed by atoms with Gasteiger partial charge >= 0.3 is 6.03 Å². The highest BCUT2D eigenvalue weighted by Crippen LogP contribution is 2.21. The highest BCUT2D eigenvalue weighted by Gasteiger charge is 2.04. The maximum absolute atomic E-state index is 11.9. The summed E-state index contributed by atoms with van der Waals surface area (Å²) in [6.45, 7) is 3.42. The molecule has 0 unspecified atom stereocenters. The van der Waals surface area contributed by atoms with Gasteiger partial charge in [0.1, 0.15) is 0 Å². The molecule has 0 aliphatic rings. The summed E-state index contributed by atoms with van der Waals surface area (Å²) in [5.41, 5.74) is 3.11.